The van der Waals surface area contributed by atoms with E-state index in [0.717, 1.165) is 28.1 Å². The van der Waals surface area contributed by atoms with Gasteiger partial charge in [0.1, 0.15) is 5.75 Å². The molecule has 3 rings (SSSR count). The number of hydrogen-bond donors (Lipinski definition) is 2. The van der Waals surface area contributed by atoms with E-state index in [4.69, 9.17) is 4.74 Å². The van der Waals surface area contributed by atoms with Crippen LogP contribution in [0.3, 0.4) is 0 Å². The molecule has 4 heteroatoms. The van der Waals surface area contributed by atoms with Crippen molar-refractivity contribution in [1.82, 2.24) is 5.32 Å². The van der Waals surface area contributed by atoms with Crippen LogP contribution in [0.4, 0.5) is 10.5 Å². The lowest BCUT2D eigenvalue weighted by atomic mass is 10.1. The number of urea groups is 1. The number of methoxy groups -OCH3 is 1. The monoisotopic (exact) mass is 346 g/mol. The van der Waals surface area contributed by atoms with Crippen LogP contribution in [-0.4, -0.2) is 13.1 Å². The Morgan fingerprint density at radius 2 is 1.46 bits per heavy atom. The molecule has 1 unspecified atom stereocenters. The van der Waals surface area contributed by atoms with E-state index in [1.807, 2.05) is 73.7 Å². The van der Waals surface area contributed by atoms with Crippen LogP contribution in [0.15, 0.2) is 78.9 Å². The molecule has 3 aromatic rings. The van der Waals surface area contributed by atoms with Crippen molar-refractivity contribution in [2.24, 2.45) is 0 Å². The summed E-state index contributed by atoms with van der Waals surface area (Å²) in [6.07, 6.45) is 0. The van der Waals surface area contributed by atoms with Crippen LogP contribution in [0.25, 0.3) is 11.1 Å². The molecular weight excluding hydrogens is 324 g/mol. The highest BCUT2D eigenvalue weighted by Crippen LogP contribution is 2.21. The number of amides is 2. The van der Waals surface area contributed by atoms with E-state index in [1.54, 1.807) is 7.11 Å². The van der Waals surface area contributed by atoms with Crippen LogP contribution in [0, 0.1) is 0 Å². The summed E-state index contributed by atoms with van der Waals surface area (Å²) in [4.78, 5) is 12.2. The molecule has 0 bridgehead atoms. The van der Waals surface area contributed by atoms with Gasteiger partial charge in [-0.25, -0.2) is 4.79 Å². The minimum absolute atomic E-state index is 0.107. The molecule has 0 radical (unpaired) electrons. The van der Waals surface area contributed by atoms with Crippen LogP contribution in [0.2, 0.25) is 0 Å². The third-order valence-corrected chi connectivity index (χ3v) is 4.21. The molecule has 0 saturated carbocycles. The van der Waals surface area contributed by atoms with Crippen LogP contribution in [0.5, 0.6) is 5.75 Å². The Bertz CT molecular complexity index is 844. The summed E-state index contributed by atoms with van der Waals surface area (Å²) in [5.74, 6) is 0.795. The number of ether oxygens (including phenoxy) is 1. The highest BCUT2D eigenvalue weighted by atomic mass is 16.5. The Kier molecular flexibility index (Phi) is 5.54. The Morgan fingerprint density at radius 1 is 0.846 bits per heavy atom. The van der Waals surface area contributed by atoms with E-state index in [2.05, 4.69) is 22.8 Å². The molecule has 0 aliphatic rings. The van der Waals surface area contributed by atoms with E-state index in [-0.39, 0.29) is 12.1 Å². The highest BCUT2D eigenvalue weighted by molar-refractivity contribution is 5.89. The Morgan fingerprint density at radius 3 is 2.08 bits per heavy atom. The number of hydrogen-bond acceptors (Lipinski definition) is 2. The number of rotatable bonds is 5. The maximum absolute atomic E-state index is 12.2. The van der Waals surface area contributed by atoms with Crippen molar-refractivity contribution >= 4 is 11.7 Å². The maximum Gasteiger partial charge on any atom is 0.319 e. The van der Waals surface area contributed by atoms with Crippen molar-refractivity contribution in [3.63, 3.8) is 0 Å². The Hall–Kier alpha value is -3.27. The van der Waals surface area contributed by atoms with Gasteiger partial charge in [0, 0.05) is 5.69 Å². The van der Waals surface area contributed by atoms with E-state index in [0.29, 0.717) is 0 Å². The largest absolute Gasteiger partial charge is 0.497 e. The standard InChI is InChI=1S/C22H22N2O2/c1-16(17-10-14-21(26-2)15-11-17)23-22(25)24-20-12-8-19(9-13-20)18-6-4-3-5-7-18/h3-16H,1-2H3,(H2,23,24,25). The van der Waals surface area contributed by atoms with Crippen LogP contribution < -0.4 is 15.4 Å². The Labute approximate surface area is 153 Å². The molecule has 2 amide bonds. The van der Waals surface area contributed by atoms with Crippen molar-refractivity contribution in [2.75, 3.05) is 12.4 Å². The van der Waals surface area contributed by atoms with Gasteiger partial charge in [-0.15, -0.1) is 0 Å². The quantitative estimate of drug-likeness (QED) is 0.663. The molecule has 0 aliphatic heterocycles. The molecule has 0 heterocycles. The van der Waals surface area contributed by atoms with E-state index in [1.165, 1.54) is 0 Å². The van der Waals surface area contributed by atoms with Crippen molar-refractivity contribution < 1.29 is 9.53 Å². The number of nitrogens with one attached hydrogen (secondary N) is 2. The van der Waals surface area contributed by atoms with Crippen molar-refractivity contribution in [1.29, 1.82) is 0 Å². The van der Waals surface area contributed by atoms with Gasteiger partial charge >= 0.3 is 6.03 Å². The lowest BCUT2D eigenvalue weighted by molar-refractivity contribution is 0.249. The summed E-state index contributed by atoms with van der Waals surface area (Å²) in [5.41, 5.74) is 4.03. The van der Waals surface area contributed by atoms with Crippen LogP contribution in [-0.2, 0) is 0 Å². The van der Waals surface area contributed by atoms with Gasteiger partial charge in [-0.3, -0.25) is 0 Å². The molecular formula is C22H22N2O2. The average Bonchev–Trinajstić information content (AvgIpc) is 2.69. The van der Waals surface area contributed by atoms with Gasteiger partial charge in [0.05, 0.1) is 13.2 Å². The molecule has 26 heavy (non-hydrogen) atoms. The number of anilines is 1. The second-order valence-corrected chi connectivity index (χ2v) is 6.04. The third kappa shape index (κ3) is 4.42. The first-order valence-electron chi connectivity index (χ1n) is 8.52. The van der Waals surface area contributed by atoms with Crippen LogP contribution >= 0.6 is 0 Å². The molecule has 1 atom stereocenters. The molecule has 132 valence electrons. The summed E-state index contributed by atoms with van der Waals surface area (Å²) in [6, 6.07) is 25.2. The summed E-state index contributed by atoms with van der Waals surface area (Å²) in [5, 5.41) is 5.81. The molecule has 0 aromatic heterocycles. The maximum atomic E-state index is 12.2. The fourth-order valence-electron chi connectivity index (χ4n) is 2.72. The molecule has 0 saturated heterocycles. The lowest BCUT2D eigenvalue weighted by Crippen LogP contribution is -2.31. The van der Waals surface area contributed by atoms with Crippen LogP contribution in [0.1, 0.15) is 18.5 Å². The first kappa shape index (κ1) is 17.5. The summed E-state index contributed by atoms with van der Waals surface area (Å²) < 4.78 is 5.15. The highest BCUT2D eigenvalue weighted by Gasteiger charge is 2.10. The minimum atomic E-state index is -0.235. The molecule has 0 aliphatic carbocycles. The number of carbonyl (C=O) groups is 1. The summed E-state index contributed by atoms with van der Waals surface area (Å²) in [6.45, 7) is 1.94. The predicted molar refractivity (Wildman–Crippen MR) is 105 cm³/mol. The van der Waals surface area contributed by atoms with Crippen molar-refractivity contribution in [3.05, 3.63) is 84.4 Å². The van der Waals surface area contributed by atoms with Gasteiger partial charge in [0.2, 0.25) is 0 Å². The van der Waals surface area contributed by atoms with E-state index < -0.39 is 0 Å². The number of carbonyl (C=O) groups excluding carboxylic acids is 1. The molecule has 0 fully saturated rings. The van der Waals surface area contributed by atoms with Crippen molar-refractivity contribution in [3.8, 4) is 16.9 Å². The second-order valence-electron chi connectivity index (χ2n) is 6.04. The molecule has 0 spiro atoms. The zero-order valence-electron chi connectivity index (χ0n) is 14.9. The minimum Gasteiger partial charge on any atom is -0.497 e. The fourth-order valence-corrected chi connectivity index (χ4v) is 2.72. The van der Waals surface area contributed by atoms with E-state index in [9.17, 15) is 4.79 Å². The first-order chi connectivity index (χ1) is 12.7. The Balaban J connectivity index is 1.59. The normalized spacial score (nSPS) is 11.5. The smallest absolute Gasteiger partial charge is 0.319 e. The van der Waals surface area contributed by atoms with Crippen molar-refractivity contribution in [2.45, 2.75) is 13.0 Å². The lowest BCUT2D eigenvalue weighted by Gasteiger charge is -2.15. The fraction of sp³-hybridized carbons (Fsp3) is 0.136. The van der Waals surface area contributed by atoms with Gasteiger partial charge in [-0.05, 0) is 47.9 Å². The first-order valence-corrected chi connectivity index (χ1v) is 8.52. The zero-order valence-corrected chi connectivity index (χ0v) is 14.9. The van der Waals surface area contributed by atoms with Gasteiger partial charge in [0.25, 0.3) is 0 Å². The van der Waals surface area contributed by atoms with Gasteiger partial charge < -0.3 is 15.4 Å². The average molecular weight is 346 g/mol. The van der Waals surface area contributed by atoms with Gasteiger partial charge in [-0.1, -0.05) is 54.6 Å². The molecule has 2 N–H and O–H groups in total. The predicted octanol–water partition coefficient (Wildman–Crippen LogP) is 5.24. The van der Waals surface area contributed by atoms with E-state index >= 15 is 0 Å². The summed E-state index contributed by atoms with van der Waals surface area (Å²) >= 11 is 0. The summed E-state index contributed by atoms with van der Waals surface area (Å²) in [7, 11) is 1.63. The third-order valence-electron chi connectivity index (χ3n) is 4.21. The zero-order chi connectivity index (χ0) is 18.4. The number of benzene rings is 3. The van der Waals surface area contributed by atoms with Gasteiger partial charge in [-0.2, -0.15) is 0 Å². The molecule has 3 aromatic carbocycles. The second kappa shape index (κ2) is 8.21. The van der Waals surface area contributed by atoms with Gasteiger partial charge in [0.15, 0.2) is 0 Å². The molecule has 4 nitrogen and oxygen atoms in total. The SMILES string of the molecule is COc1ccc(C(C)NC(=O)Nc2ccc(-c3ccccc3)cc2)cc1. The topological polar surface area (TPSA) is 50.4 Å².